The molecule has 0 unspecified atom stereocenters. The fourth-order valence-corrected chi connectivity index (χ4v) is 0.378. The number of rotatable bonds is 2. The highest BCUT2D eigenvalue weighted by Crippen LogP contribution is 1.93. The van der Waals surface area contributed by atoms with Gasteiger partial charge in [0.25, 0.3) is 0 Å². The van der Waals surface area contributed by atoms with E-state index in [0.717, 1.165) is 6.42 Å². The molecule has 0 aromatic rings. The summed E-state index contributed by atoms with van der Waals surface area (Å²) >= 11 is 5.10. The Balaban J connectivity index is 3.62. The molecule has 9 heavy (non-hydrogen) atoms. The summed E-state index contributed by atoms with van der Waals surface area (Å²) in [5, 5.41) is -0.459. The van der Waals surface area contributed by atoms with E-state index in [2.05, 4.69) is 0 Å². The van der Waals surface area contributed by atoms with E-state index in [1.54, 1.807) is 13.2 Å². The van der Waals surface area contributed by atoms with Crippen LogP contribution in [0.4, 0.5) is 4.79 Å². The van der Waals surface area contributed by atoms with Crippen LogP contribution in [-0.2, 0) is 0 Å². The van der Waals surface area contributed by atoms with Gasteiger partial charge in [0.15, 0.2) is 0 Å². The number of halogens is 1. The van der Waals surface area contributed by atoms with Crippen LogP contribution in [0.5, 0.6) is 0 Å². The minimum absolute atomic E-state index is 0.459. The maximum Gasteiger partial charge on any atom is 0.320 e. The van der Waals surface area contributed by atoms with Gasteiger partial charge in [0, 0.05) is 13.2 Å². The predicted molar refractivity (Wildman–Crippen MR) is 38.4 cm³/mol. The van der Waals surface area contributed by atoms with Crippen molar-refractivity contribution in [2.75, 3.05) is 7.05 Å². The first-order valence-electron chi connectivity index (χ1n) is 2.77. The number of nitrogens with zero attached hydrogens (tertiary/aromatic N) is 1. The summed E-state index contributed by atoms with van der Waals surface area (Å²) in [6, 6.07) is 0. The van der Waals surface area contributed by atoms with E-state index >= 15 is 0 Å². The zero-order chi connectivity index (χ0) is 7.28. The van der Waals surface area contributed by atoms with E-state index in [4.69, 9.17) is 11.6 Å². The van der Waals surface area contributed by atoms with Gasteiger partial charge in [-0.1, -0.05) is 13.0 Å². The largest absolute Gasteiger partial charge is 0.320 e. The van der Waals surface area contributed by atoms with Crippen molar-refractivity contribution in [3.8, 4) is 0 Å². The normalized spacial score (nSPS) is 10.1. The van der Waals surface area contributed by atoms with Crippen molar-refractivity contribution >= 4 is 17.0 Å². The second-order valence-electron chi connectivity index (χ2n) is 1.66. The van der Waals surface area contributed by atoms with Gasteiger partial charge >= 0.3 is 5.37 Å². The van der Waals surface area contributed by atoms with Crippen LogP contribution >= 0.6 is 11.6 Å². The lowest BCUT2D eigenvalue weighted by Gasteiger charge is -2.03. The minimum atomic E-state index is -0.459. The van der Waals surface area contributed by atoms with Crippen LogP contribution in [0.15, 0.2) is 12.3 Å². The first kappa shape index (κ1) is 8.50. The molecule has 3 heteroatoms. The fraction of sp³-hybridized carbons (Fsp3) is 0.500. The van der Waals surface area contributed by atoms with Crippen molar-refractivity contribution in [1.82, 2.24) is 4.90 Å². The van der Waals surface area contributed by atoms with Crippen molar-refractivity contribution in [1.29, 1.82) is 0 Å². The molecule has 0 saturated heterocycles. The summed E-state index contributed by atoms with van der Waals surface area (Å²) in [5.41, 5.74) is 0. The second-order valence-corrected chi connectivity index (χ2v) is 1.98. The van der Waals surface area contributed by atoms with E-state index in [1.165, 1.54) is 4.90 Å². The average Bonchev–Trinajstić information content (AvgIpc) is 1.82. The van der Waals surface area contributed by atoms with Gasteiger partial charge in [-0.05, 0) is 18.0 Å². The lowest BCUT2D eigenvalue weighted by atomic mass is 10.5. The second kappa shape index (κ2) is 4.39. The molecule has 0 saturated carbocycles. The Morgan fingerprint density at radius 2 is 2.33 bits per heavy atom. The molecule has 0 aliphatic rings. The smallest absolute Gasteiger partial charge is 0.309 e. The number of allylic oxidation sites excluding steroid dienone is 1. The summed E-state index contributed by atoms with van der Waals surface area (Å²) in [7, 11) is 1.61. The van der Waals surface area contributed by atoms with Crippen molar-refractivity contribution < 1.29 is 4.79 Å². The standard InChI is InChI=1S/C6H10ClNO/c1-3-4-5-8(2)6(7)9/h4-5H,3H2,1-2H3. The lowest BCUT2D eigenvalue weighted by Crippen LogP contribution is -2.12. The number of hydrogen-bond acceptors (Lipinski definition) is 1. The number of hydrogen-bond donors (Lipinski definition) is 0. The molecule has 1 amide bonds. The van der Waals surface area contributed by atoms with Crippen LogP contribution in [0.2, 0.25) is 0 Å². The Hall–Kier alpha value is -0.500. The highest BCUT2D eigenvalue weighted by Gasteiger charge is 1.96. The molecule has 0 spiro atoms. The number of carbonyl (C=O) groups excluding carboxylic acids is 1. The maximum atomic E-state index is 10.3. The Labute approximate surface area is 60.1 Å². The van der Waals surface area contributed by atoms with Gasteiger partial charge in [0.2, 0.25) is 0 Å². The molecule has 0 aromatic carbocycles. The third-order valence-corrected chi connectivity index (χ3v) is 1.11. The van der Waals surface area contributed by atoms with Crippen LogP contribution in [0.25, 0.3) is 0 Å². The molecule has 0 rings (SSSR count). The summed E-state index contributed by atoms with van der Waals surface area (Å²) in [6.45, 7) is 1.99. The Bertz CT molecular complexity index is 122. The molecule has 0 aromatic heterocycles. The highest BCUT2D eigenvalue weighted by molar-refractivity contribution is 6.62. The molecule has 0 N–H and O–H groups in total. The molecule has 0 aliphatic heterocycles. The molecule has 2 nitrogen and oxygen atoms in total. The van der Waals surface area contributed by atoms with Gasteiger partial charge in [0.05, 0.1) is 0 Å². The van der Waals surface area contributed by atoms with Gasteiger partial charge in [-0.25, -0.2) is 0 Å². The maximum absolute atomic E-state index is 10.3. The summed E-state index contributed by atoms with van der Waals surface area (Å²) in [4.78, 5) is 11.6. The summed E-state index contributed by atoms with van der Waals surface area (Å²) in [5.74, 6) is 0. The molecular formula is C6H10ClNO. The van der Waals surface area contributed by atoms with Crippen molar-refractivity contribution in [3.63, 3.8) is 0 Å². The molecule has 52 valence electrons. The highest BCUT2D eigenvalue weighted by atomic mass is 35.5. The van der Waals surface area contributed by atoms with Crippen LogP contribution in [0.3, 0.4) is 0 Å². The van der Waals surface area contributed by atoms with Crippen molar-refractivity contribution in [2.24, 2.45) is 0 Å². The van der Waals surface area contributed by atoms with Crippen LogP contribution in [0, 0.1) is 0 Å². The van der Waals surface area contributed by atoms with Crippen molar-refractivity contribution in [3.05, 3.63) is 12.3 Å². The Morgan fingerprint density at radius 1 is 1.78 bits per heavy atom. The molecule has 0 aliphatic carbocycles. The van der Waals surface area contributed by atoms with Gasteiger partial charge in [-0.2, -0.15) is 0 Å². The first-order valence-corrected chi connectivity index (χ1v) is 3.15. The fourth-order valence-electron chi connectivity index (χ4n) is 0.322. The van der Waals surface area contributed by atoms with Gasteiger partial charge < -0.3 is 4.90 Å². The quantitative estimate of drug-likeness (QED) is 0.433. The topological polar surface area (TPSA) is 20.3 Å². The SMILES string of the molecule is CCC=CN(C)C(=O)Cl. The zero-order valence-corrected chi connectivity index (χ0v) is 6.35. The Morgan fingerprint density at radius 3 is 2.67 bits per heavy atom. The van der Waals surface area contributed by atoms with Crippen LogP contribution < -0.4 is 0 Å². The zero-order valence-electron chi connectivity index (χ0n) is 5.60. The molecular weight excluding hydrogens is 138 g/mol. The lowest BCUT2D eigenvalue weighted by molar-refractivity contribution is 0.244. The average molecular weight is 148 g/mol. The van der Waals surface area contributed by atoms with E-state index in [-0.39, 0.29) is 0 Å². The van der Waals surface area contributed by atoms with E-state index in [9.17, 15) is 4.79 Å². The van der Waals surface area contributed by atoms with Crippen LogP contribution in [-0.4, -0.2) is 17.3 Å². The third-order valence-electron chi connectivity index (χ3n) is 0.842. The Kier molecular flexibility index (Phi) is 4.14. The van der Waals surface area contributed by atoms with E-state index < -0.39 is 5.37 Å². The monoisotopic (exact) mass is 147 g/mol. The molecule has 0 heterocycles. The third kappa shape index (κ3) is 4.03. The summed E-state index contributed by atoms with van der Waals surface area (Å²) in [6.07, 6.45) is 4.42. The first-order chi connectivity index (χ1) is 4.18. The van der Waals surface area contributed by atoms with Gasteiger partial charge in [-0.15, -0.1) is 0 Å². The van der Waals surface area contributed by atoms with Gasteiger partial charge in [-0.3, -0.25) is 4.79 Å². The minimum Gasteiger partial charge on any atom is -0.309 e. The van der Waals surface area contributed by atoms with E-state index in [0.29, 0.717) is 0 Å². The van der Waals surface area contributed by atoms with E-state index in [1.807, 2.05) is 13.0 Å². The molecule has 0 radical (unpaired) electrons. The van der Waals surface area contributed by atoms with Crippen molar-refractivity contribution in [2.45, 2.75) is 13.3 Å². The van der Waals surface area contributed by atoms with Crippen LogP contribution in [0.1, 0.15) is 13.3 Å². The molecule has 0 fully saturated rings. The molecule has 0 atom stereocenters. The molecule has 0 bridgehead atoms. The number of amides is 1. The summed E-state index contributed by atoms with van der Waals surface area (Å²) < 4.78 is 0. The predicted octanol–water partition coefficient (Wildman–Crippen LogP) is 2.20. The number of carbonyl (C=O) groups is 1. The van der Waals surface area contributed by atoms with Gasteiger partial charge in [0.1, 0.15) is 0 Å².